The van der Waals surface area contributed by atoms with E-state index in [9.17, 15) is 14.3 Å². The van der Waals surface area contributed by atoms with Crippen molar-refractivity contribution in [3.8, 4) is 0 Å². The van der Waals surface area contributed by atoms with Crippen LogP contribution in [-0.2, 0) is 9.53 Å². The highest BCUT2D eigenvalue weighted by atomic mass is 19.1. The van der Waals surface area contributed by atoms with Crippen LogP contribution in [0.15, 0.2) is 24.3 Å². The van der Waals surface area contributed by atoms with Crippen LogP contribution >= 0.6 is 0 Å². The molecule has 1 atom stereocenters. The van der Waals surface area contributed by atoms with Gasteiger partial charge in [0.05, 0.1) is 19.3 Å². The van der Waals surface area contributed by atoms with Crippen LogP contribution < -0.4 is 10.6 Å². The first-order valence-electron chi connectivity index (χ1n) is 5.55. The first-order chi connectivity index (χ1) is 8.61. The molecular formula is C12H17FN2O3. The molecule has 0 fully saturated rings. The van der Waals surface area contributed by atoms with Crippen molar-refractivity contribution in [3.05, 3.63) is 30.1 Å². The number of nitrogens with one attached hydrogen (secondary N) is 2. The van der Waals surface area contributed by atoms with E-state index in [1.807, 2.05) is 0 Å². The van der Waals surface area contributed by atoms with E-state index < -0.39 is 6.10 Å². The van der Waals surface area contributed by atoms with E-state index in [1.54, 1.807) is 0 Å². The van der Waals surface area contributed by atoms with Crippen molar-refractivity contribution in [2.75, 3.05) is 32.1 Å². The van der Waals surface area contributed by atoms with Gasteiger partial charge in [0, 0.05) is 19.3 Å². The van der Waals surface area contributed by atoms with Gasteiger partial charge in [0.1, 0.15) is 5.82 Å². The Labute approximate surface area is 105 Å². The number of aliphatic hydroxyl groups excluding tert-OH is 1. The normalized spacial score (nSPS) is 12.2. The van der Waals surface area contributed by atoms with Crippen LogP contribution in [0.5, 0.6) is 0 Å². The van der Waals surface area contributed by atoms with Crippen molar-refractivity contribution in [1.29, 1.82) is 0 Å². The average Bonchev–Trinajstić information content (AvgIpc) is 2.32. The number of hydrogen-bond donors (Lipinski definition) is 3. The van der Waals surface area contributed by atoms with Crippen LogP contribution in [0.4, 0.5) is 10.1 Å². The van der Waals surface area contributed by atoms with Crippen molar-refractivity contribution < 1.29 is 19.0 Å². The second kappa shape index (κ2) is 7.75. The second-order valence-electron chi connectivity index (χ2n) is 3.80. The minimum absolute atomic E-state index is 0.0676. The minimum Gasteiger partial charge on any atom is -0.389 e. The number of rotatable bonds is 7. The molecule has 1 rings (SSSR count). The number of carbonyl (C=O) groups excluding carboxylic acids is 1. The standard InChI is InChI=1S/C12H17FN2O3/c1-18-8-11(16)6-14-7-12(17)15-10-4-2-9(13)3-5-10/h2-5,11,14,16H,6-8H2,1H3,(H,15,17). The predicted octanol–water partition coefficient (Wildman–Crippen LogP) is 0.361. The Bertz CT molecular complexity index is 370. The van der Waals surface area contributed by atoms with E-state index in [4.69, 9.17) is 4.74 Å². The molecule has 0 saturated heterocycles. The molecule has 18 heavy (non-hydrogen) atoms. The molecule has 1 amide bonds. The molecule has 0 aliphatic rings. The SMILES string of the molecule is COCC(O)CNCC(=O)Nc1ccc(F)cc1. The molecule has 6 heteroatoms. The largest absolute Gasteiger partial charge is 0.389 e. The quantitative estimate of drug-likeness (QED) is 0.659. The zero-order valence-corrected chi connectivity index (χ0v) is 10.1. The number of hydrogen-bond acceptors (Lipinski definition) is 4. The molecule has 3 N–H and O–H groups in total. The Morgan fingerprint density at radius 2 is 2.11 bits per heavy atom. The van der Waals surface area contributed by atoms with Crippen molar-refractivity contribution in [1.82, 2.24) is 5.32 Å². The summed E-state index contributed by atoms with van der Waals surface area (Å²) in [6.45, 7) is 0.551. The van der Waals surface area contributed by atoms with Crippen molar-refractivity contribution in [2.24, 2.45) is 0 Å². The fourth-order valence-corrected chi connectivity index (χ4v) is 1.34. The summed E-state index contributed by atoms with van der Waals surface area (Å²) in [6, 6.07) is 5.50. The number of anilines is 1. The third kappa shape index (κ3) is 5.72. The number of carbonyl (C=O) groups is 1. The number of amides is 1. The molecule has 5 nitrogen and oxygen atoms in total. The number of aliphatic hydroxyl groups is 1. The highest BCUT2D eigenvalue weighted by molar-refractivity contribution is 5.92. The van der Waals surface area contributed by atoms with E-state index >= 15 is 0 Å². The molecule has 0 aliphatic carbocycles. The summed E-state index contributed by atoms with van der Waals surface area (Å²) in [7, 11) is 1.49. The van der Waals surface area contributed by atoms with Crippen LogP contribution in [0.25, 0.3) is 0 Å². The molecule has 0 aliphatic heterocycles. The molecule has 0 saturated carbocycles. The van der Waals surface area contributed by atoms with Gasteiger partial charge in [-0.3, -0.25) is 4.79 Å². The van der Waals surface area contributed by atoms with Crippen molar-refractivity contribution in [2.45, 2.75) is 6.10 Å². The maximum Gasteiger partial charge on any atom is 0.238 e. The van der Waals surface area contributed by atoms with Crippen molar-refractivity contribution in [3.63, 3.8) is 0 Å². The number of halogens is 1. The highest BCUT2D eigenvalue weighted by Crippen LogP contribution is 2.07. The highest BCUT2D eigenvalue weighted by Gasteiger charge is 2.05. The van der Waals surface area contributed by atoms with Gasteiger partial charge in [-0.1, -0.05) is 0 Å². The Morgan fingerprint density at radius 3 is 2.72 bits per heavy atom. The maximum absolute atomic E-state index is 12.6. The smallest absolute Gasteiger partial charge is 0.238 e. The van der Waals surface area contributed by atoms with Gasteiger partial charge < -0.3 is 20.5 Å². The Hall–Kier alpha value is -1.50. The monoisotopic (exact) mass is 256 g/mol. The summed E-state index contributed by atoms with van der Waals surface area (Å²) < 4.78 is 17.4. The predicted molar refractivity (Wildman–Crippen MR) is 65.8 cm³/mol. The van der Waals surface area contributed by atoms with Crippen LogP contribution in [0.1, 0.15) is 0 Å². The summed E-state index contributed by atoms with van der Waals surface area (Å²) in [4.78, 5) is 11.5. The third-order valence-electron chi connectivity index (χ3n) is 2.15. The molecule has 0 bridgehead atoms. The molecule has 1 aromatic rings. The molecule has 0 aromatic heterocycles. The fourth-order valence-electron chi connectivity index (χ4n) is 1.34. The van der Waals surface area contributed by atoms with E-state index in [-0.39, 0.29) is 31.4 Å². The van der Waals surface area contributed by atoms with E-state index in [0.29, 0.717) is 5.69 Å². The third-order valence-corrected chi connectivity index (χ3v) is 2.15. The van der Waals surface area contributed by atoms with E-state index in [2.05, 4.69) is 10.6 Å². The average molecular weight is 256 g/mol. The lowest BCUT2D eigenvalue weighted by Crippen LogP contribution is -2.35. The number of benzene rings is 1. The zero-order valence-electron chi connectivity index (χ0n) is 10.1. The van der Waals surface area contributed by atoms with Gasteiger partial charge in [-0.2, -0.15) is 0 Å². The van der Waals surface area contributed by atoms with Crippen LogP contribution in [-0.4, -0.2) is 43.9 Å². The van der Waals surface area contributed by atoms with Crippen LogP contribution in [0, 0.1) is 5.82 Å². The Balaban J connectivity index is 2.23. The molecule has 1 aromatic carbocycles. The lowest BCUT2D eigenvalue weighted by atomic mass is 10.3. The topological polar surface area (TPSA) is 70.6 Å². The lowest BCUT2D eigenvalue weighted by molar-refractivity contribution is -0.115. The summed E-state index contributed by atoms with van der Waals surface area (Å²) in [5.41, 5.74) is 0.528. The minimum atomic E-state index is -0.645. The first kappa shape index (κ1) is 14.6. The summed E-state index contributed by atoms with van der Waals surface area (Å²) in [5, 5.41) is 14.7. The van der Waals surface area contributed by atoms with Gasteiger partial charge in [0.15, 0.2) is 0 Å². The van der Waals surface area contributed by atoms with Gasteiger partial charge in [-0.05, 0) is 24.3 Å². The summed E-state index contributed by atoms with van der Waals surface area (Å²) in [6.07, 6.45) is -0.645. The second-order valence-corrected chi connectivity index (χ2v) is 3.80. The van der Waals surface area contributed by atoms with Gasteiger partial charge in [-0.15, -0.1) is 0 Å². The maximum atomic E-state index is 12.6. The van der Waals surface area contributed by atoms with Gasteiger partial charge in [0.25, 0.3) is 0 Å². The molecule has 0 radical (unpaired) electrons. The first-order valence-corrected chi connectivity index (χ1v) is 5.55. The van der Waals surface area contributed by atoms with Gasteiger partial charge in [0.2, 0.25) is 5.91 Å². The van der Waals surface area contributed by atoms with Crippen LogP contribution in [0.3, 0.4) is 0 Å². The molecular weight excluding hydrogens is 239 g/mol. The molecule has 0 heterocycles. The van der Waals surface area contributed by atoms with E-state index in [1.165, 1.54) is 31.4 Å². The fraction of sp³-hybridized carbons (Fsp3) is 0.417. The van der Waals surface area contributed by atoms with Gasteiger partial charge >= 0.3 is 0 Å². The van der Waals surface area contributed by atoms with Crippen molar-refractivity contribution >= 4 is 11.6 Å². The number of ether oxygens (including phenoxy) is 1. The summed E-state index contributed by atoms with van der Waals surface area (Å²) in [5.74, 6) is -0.611. The molecule has 100 valence electrons. The Morgan fingerprint density at radius 1 is 1.44 bits per heavy atom. The van der Waals surface area contributed by atoms with Crippen LogP contribution in [0.2, 0.25) is 0 Å². The molecule has 0 spiro atoms. The Kier molecular flexibility index (Phi) is 6.27. The number of methoxy groups -OCH3 is 1. The van der Waals surface area contributed by atoms with E-state index in [0.717, 1.165) is 0 Å². The molecule has 1 unspecified atom stereocenters. The zero-order chi connectivity index (χ0) is 13.4. The van der Waals surface area contributed by atoms with Gasteiger partial charge in [-0.25, -0.2) is 4.39 Å². The lowest BCUT2D eigenvalue weighted by Gasteiger charge is -2.10. The summed E-state index contributed by atoms with van der Waals surface area (Å²) >= 11 is 0.